The monoisotopic (exact) mass is 161 g/mol. The van der Waals surface area contributed by atoms with Gasteiger partial charge in [-0.3, -0.25) is 0 Å². The van der Waals surface area contributed by atoms with Gasteiger partial charge in [-0.2, -0.15) is 0 Å². The van der Waals surface area contributed by atoms with E-state index in [4.69, 9.17) is 9.47 Å². The van der Waals surface area contributed by atoms with Crippen LogP contribution in [0.1, 0.15) is 0 Å². The molecule has 1 heterocycles. The van der Waals surface area contributed by atoms with Gasteiger partial charge in [0, 0.05) is 20.2 Å². The highest BCUT2D eigenvalue weighted by Gasteiger charge is 2.24. The molecule has 0 saturated carbocycles. The zero-order valence-electron chi connectivity index (χ0n) is 6.75. The number of aliphatic hydroxyl groups is 1. The van der Waals surface area contributed by atoms with Gasteiger partial charge in [0.25, 0.3) is 0 Å². The van der Waals surface area contributed by atoms with Crippen molar-refractivity contribution < 1.29 is 14.6 Å². The first kappa shape index (κ1) is 8.93. The summed E-state index contributed by atoms with van der Waals surface area (Å²) in [4.78, 5) is 0. The van der Waals surface area contributed by atoms with E-state index in [2.05, 4.69) is 5.32 Å². The van der Waals surface area contributed by atoms with E-state index < -0.39 is 0 Å². The Balaban J connectivity index is 2.05. The summed E-state index contributed by atoms with van der Waals surface area (Å²) >= 11 is 0. The molecule has 0 aromatic rings. The first-order chi connectivity index (χ1) is 5.34. The standard InChI is InChI=1S/C7H15NO3/c1-10-2-3-11-7-5-8-4-6(7)9/h6-9H,2-5H2,1H3. The molecule has 0 bridgehead atoms. The Kier molecular flexibility index (Phi) is 3.79. The van der Waals surface area contributed by atoms with Crippen LogP contribution in [0.15, 0.2) is 0 Å². The zero-order chi connectivity index (χ0) is 8.10. The fourth-order valence-corrected chi connectivity index (χ4v) is 1.09. The normalized spacial score (nSPS) is 31.1. The predicted octanol–water partition coefficient (Wildman–Crippen LogP) is -1.02. The van der Waals surface area contributed by atoms with Crippen LogP contribution < -0.4 is 5.32 Å². The molecule has 1 rings (SSSR count). The highest BCUT2D eigenvalue weighted by atomic mass is 16.5. The van der Waals surface area contributed by atoms with E-state index in [0.29, 0.717) is 19.8 Å². The van der Waals surface area contributed by atoms with Crippen LogP contribution in [0.5, 0.6) is 0 Å². The van der Waals surface area contributed by atoms with Gasteiger partial charge in [0.15, 0.2) is 0 Å². The number of rotatable bonds is 4. The number of nitrogens with one attached hydrogen (secondary N) is 1. The van der Waals surface area contributed by atoms with Crippen molar-refractivity contribution in [2.24, 2.45) is 0 Å². The lowest BCUT2D eigenvalue weighted by molar-refractivity contribution is -0.0263. The quantitative estimate of drug-likeness (QED) is 0.518. The summed E-state index contributed by atoms with van der Waals surface area (Å²) in [5.41, 5.74) is 0. The summed E-state index contributed by atoms with van der Waals surface area (Å²) in [7, 11) is 1.63. The molecule has 4 heteroatoms. The van der Waals surface area contributed by atoms with Gasteiger partial charge in [-0.25, -0.2) is 0 Å². The van der Waals surface area contributed by atoms with E-state index in [1.54, 1.807) is 7.11 Å². The van der Waals surface area contributed by atoms with Crippen LogP contribution in [-0.2, 0) is 9.47 Å². The molecule has 4 nitrogen and oxygen atoms in total. The maximum absolute atomic E-state index is 9.26. The molecule has 1 fully saturated rings. The SMILES string of the molecule is COCCOC1CNCC1O. The summed E-state index contributed by atoms with van der Waals surface area (Å²) in [6.07, 6.45) is -0.406. The van der Waals surface area contributed by atoms with Crippen LogP contribution in [0.3, 0.4) is 0 Å². The molecular weight excluding hydrogens is 146 g/mol. The molecule has 66 valence electrons. The van der Waals surface area contributed by atoms with Crippen molar-refractivity contribution in [3.05, 3.63) is 0 Å². The zero-order valence-corrected chi connectivity index (χ0v) is 6.75. The maximum Gasteiger partial charge on any atom is 0.0971 e. The van der Waals surface area contributed by atoms with Gasteiger partial charge in [-0.1, -0.05) is 0 Å². The molecule has 0 spiro atoms. The molecule has 0 aliphatic carbocycles. The second-order valence-corrected chi connectivity index (χ2v) is 2.63. The molecule has 1 aliphatic heterocycles. The molecule has 11 heavy (non-hydrogen) atoms. The fraction of sp³-hybridized carbons (Fsp3) is 1.00. The Labute approximate surface area is 66.5 Å². The summed E-state index contributed by atoms with van der Waals surface area (Å²) < 4.78 is 10.1. The Morgan fingerprint density at radius 3 is 2.82 bits per heavy atom. The summed E-state index contributed by atoms with van der Waals surface area (Å²) in [6.45, 7) is 2.52. The van der Waals surface area contributed by atoms with Crippen molar-refractivity contribution >= 4 is 0 Å². The van der Waals surface area contributed by atoms with Crippen molar-refractivity contribution in [3.8, 4) is 0 Å². The Morgan fingerprint density at radius 1 is 1.45 bits per heavy atom. The first-order valence-corrected chi connectivity index (χ1v) is 3.84. The highest BCUT2D eigenvalue weighted by molar-refractivity contribution is 4.80. The Morgan fingerprint density at radius 2 is 2.27 bits per heavy atom. The van der Waals surface area contributed by atoms with Gasteiger partial charge < -0.3 is 19.9 Å². The van der Waals surface area contributed by atoms with Crippen LogP contribution >= 0.6 is 0 Å². The Hall–Kier alpha value is -0.160. The van der Waals surface area contributed by atoms with E-state index in [1.807, 2.05) is 0 Å². The number of β-amino-alcohol motifs (C(OH)–C–C–N with tert-alkyl or cyclic N) is 1. The predicted molar refractivity (Wildman–Crippen MR) is 40.5 cm³/mol. The van der Waals surface area contributed by atoms with Gasteiger partial charge in [0.1, 0.15) is 0 Å². The molecular formula is C7H15NO3. The lowest BCUT2D eigenvalue weighted by Crippen LogP contribution is -2.28. The average molecular weight is 161 g/mol. The number of hydrogen-bond donors (Lipinski definition) is 2. The van der Waals surface area contributed by atoms with Crippen LogP contribution in [0.25, 0.3) is 0 Å². The van der Waals surface area contributed by atoms with Crippen molar-refractivity contribution in [2.45, 2.75) is 12.2 Å². The van der Waals surface area contributed by atoms with Crippen molar-refractivity contribution in [2.75, 3.05) is 33.4 Å². The van der Waals surface area contributed by atoms with E-state index in [1.165, 1.54) is 0 Å². The van der Waals surface area contributed by atoms with Gasteiger partial charge >= 0.3 is 0 Å². The van der Waals surface area contributed by atoms with Crippen molar-refractivity contribution in [3.63, 3.8) is 0 Å². The third-order valence-corrected chi connectivity index (χ3v) is 1.75. The van der Waals surface area contributed by atoms with Crippen LogP contribution in [0.2, 0.25) is 0 Å². The smallest absolute Gasteiger partial charge is 0.0971 e. The second-order valence-electron chi connectivity index (χ2n) is 2.63. The topological polar surface area (TPSA) is 50.7 Å². The average Bonchev–Trinajstić information content (AvgIpc) is 2.37. The van der Waals surface area contributed by atoms with Crippen LogP contribution in [0, 0.1) is 0 Å². The summed E-state index contributed by atoms with van der Waals surface area (Å²) in [5, 5.41) is 12.3. The maximum atomic E-state index is 9.26. The van der Waals surface area contributed by atoms with E-state index in [0.717, 1.165) is 6.54 Å². The summed E-state index contributed by atoms with van der Waals surface area (Å²) in [5.74, 6) is 0. The third-order valence-electron chi connectivity index (χ3n) is 1.75. The summed E-state index contributed by atoms with van der Waals surface area (Å²) in [6, 6.07) is 0. The van der Waals surface area contributed by atoms with E-state index in [-0.39, 0.29) is 12.2 Å². The van der Waals surface area contributed by atoms with Gasteiger partial charge in [-0.15, -0.1) is 0 Å². The lowest BCUT2D eigenvalue weighted by Gasteiger charge is -2.13. The minimum absolute atomic E-state index is 0.0508. The van der Waals surface area contributed by atoms with Gasteiger partial charge in [0.2, 0.25) is 0 Å². The highest BCUT2D eigenvalue weighted by Crippen LogP contribution is 2.03. The number of hydrogen-bond acceptors (Lipinski definition) is 4. The van der Waals surface area contributed by atoms with Crippen molar-refractivity contribution in [1.82, 2.24) is 5.32 Å². The van der Waals surface area contributed by atoms with Crippen molar-refractivity contribution in [1.29, 1.82) is 0 Å². The Bertz CT molecular complexity index is 110. The molecule has 2 unspecified atom stereocenters. The largest absolute Gasteiger partial charge is 0.389 e. The van der Waals surface area contributed by atoms with Gasteiger partial charge in [0.05, 0.1) is 25.4 Å². The minimum atomic E-state index is -0.355. The molecule has 0 aromatic heterocycles. The third kappa shape index (κ3) is 2.75. The molecule has 2 atom stereocenters. The molecule has 0 aromatic carbocycles. The number of aliphatic hydroxyl groups excluding tert-OH is 1. The second kappa shape index (κ2) is 4.66. The fourth-order valence-electron chi connectivity index (χ4n) is 1.09. The molecule has 0 radical (unpaired) electrons. The molecule has 1 saturated heterocycles. The molecule has 2 N–H and O–H groups in total. The van der Waals surface area contributed by atoms with E-state index in [9.17, 15) is 5.11 Å². The minimum Gasteiger partial charge on any atom is -0.389 e. The first-order valence-electron chi connectivity index (χ1n) is 3.84. The van der Waals surface area contributed by atoms with Crippen LogP contribution in [-0.4, -0.2) is 50.7 Å². The van der Waals surface area contributed by atoms with Crippen LogP contribution in [0.4, 0.5) is 0 Å². The van der Waals surface area contributed by atoms with Gasteiger partial charge in [-0.05, 0) is 0 Å². The number of methoxy groups -OCH3 is 1. The number of ether oxygens (including phenoxy) is 2. The lowest BCUT2D eigenvalue weighted by atomic mass is 10.3. The van der Waals surface area contributed by atoms with E-state index >= 15 is 0 Å². The molecule has 1 aliphatic rings. The molecule has 0 amide bonds.